The molecule has 3 nitrogen and oxygen atoms in total. The van der Waals surface area contributed by atoms with Crippen molar-refractivity contribution in [2.75, 3.05) is 13.2 Å². The van der Waals surface area contributed by atoms with Crippen LogP contribution in [0, 0.1) is 5.92 Å². The highest BCUT2D eigenvalue weighted by atomic mass is 16.7. The van der Waals surface area contributed by atoms with Gasteiger partial charge in [-0.1, -0.05) is 6.92 Å². The van der Waals surface area contributed by atoms with E-state index in [1.807, 2.05) is 13.8 Å². The molecule has 1 N–H and O–H groups in total. The van der Waals surface area contributed by atoms with Crippen LogP contribution >= 0.6 is 0 Å². The lowest BCUT2D eigenvalue weighted by molar-refractivity contribution is -0.195. The molecule has 13 heavy (non-hydrogen) atoms. The highest BCUT2D eigenvalue weighted by molar-refractivity contribution is 4.62. The number of aliphatic hydroxyl groups is 1. The highest BCUT2D eigenvalue weighted by Gasteiger charge is 2.20. The maximum atomic E-state index is 8.91. The lowest BCUT2D eigenvalue weighted by Gasteiger charge is -2.28. The molecule has 78 valence electrons. The second-order valence-corrected chi connectivity index (χ2v) is 3.80. The molecular weight excluding hydrogens is 168 g/mol. The van der Waals surface area contributed by atoms with Crippen molar-refractivity contribution in [3.8, 4) is 0 Å². The standard InChI is InChI=1S/C10H20O3/c1-8(7-11)9(2)13-10-5-3-4-6-12-10/h8-11H,3-7H2,1-2H3. The van der Waals surface area contributed by atoms with Crippen LogP contribution in [0.3, 0.4) is 0 Å². The van der Waals surface area contributed by atoms with Crippen molar-refractivity contribution >= 4 is 0 Å². The Balaban J connectivity index is 2.21. The predicted molar refractivity (Wildman–Crippen MR) is 50.4 cm³/mol. The first kappa shape index (κ1) is 11.0. The molecule has 0 aliphatic carbocycles. The van der Waals surface area contributed by atoms with Gasteiger partial charge in [-0.05, 0) is 26.2 Å². The van der Waals surface area contributed by atoms with Crippen LogP contribution in [0.5, 0.6) is 0 Å². The van der Waals surface area contributed by atoms with Gasteiger partial charge < -0.3 is 14.6 Å². The first-order valence-electron chi connectivity index (χ1n) is 5.12. The molecule has 1 heterocycles. The van der Waals surface area contributed by atoms with Gasteiger partial charge in [0.2, 0.25) is 0 Å². The third-order valence-corrected chi connectivity index (χ3v) is 2.59. The monoisotopic (exact) mass is 188 g/mol. The van der Waals surface area contributed by atoms with Crippen molar-refractivity contribution in [2.45, 2.75) is 45.5 Å². The summed E-state index contributed by atoms with van der Waals surface area (Å²) in [4.78, 5) is 0. The fourth-order valence-electron chi connectivity index (χ4n) is 1.34. The van der Waals surface area contributed by atoms with Crippen molar-refractivity contribution < 1.29 is 14.6 Å². The van der Waals surface area contributed by atoms with Gasteiger partial charge in [0.05, 0.1) is 6.10 Å². The van der Waals surface area contributed by atoms with E-state index in [0.29, 0.717) is 0 Å². The first-order chi connectivity index (χ1) is 6.24. The summed E-state index contributed by atoms with van der Waals surface area (Å²) in [6, 6.07) is 0. The summed E-state index contributed by atoms with van der Waals surface area (Å²) in [6.07, 6.45) is 3.35. The summed E-state index contributed by atoms with van der Waals surface area (Å²) < 4.78 is 11.1. The molecule has 0 amide bonds. The number of aliphatic hydroxyl groups excluding tert-OH is 1. The summed E-state index contributed by atoms with van der Waals surface area (Å²) in [7, 11) is 0. The zero-order chi connectivity index (χ0) is 9.68. The van der Waals surface area contributed by atoms with E-state index in [1.165, 1.54) is 6.42 Å². The van der Waals surface area contributed by atoms with E-state index in [9.17, 15) is 0 Å². The van der Waals surface area contributed by atoms with Crippen LogP contribution in [-0.4, -0.2) is 30.7 Å². The van der Waals surface area contributed by atoms with Crippen LogP contribution in [0.15, 0.2) is 0 Å². The van der Waals surface area contributed by atoms with E-state index in [0.717, 1.165) is 19.4 Å². The molecule has 0 spiro atoms. The van der Waals surface area contributed by atoms with Crippen molar-refractivity contribution in [3.63, 3.8) is 0 Å². The van der Waals surface area contributed by atoms with Crippen molar-refractivity contribution in [2.24, 2.45) is 5.92 Å². The van der Waals surface area contributed by atoms with E-state index >= 15 is 0 Å². The Kier molecular flexibility index (Phi) is 4.70. The molecule has 0 saturated carbocycles. The Bertz CT molecular complexity index is 132. The van der Waals surface area contributed by atoms with Gasteiger partial charge in [-0.15, -0.1) is 0 Å². The first-order valence-corrected chi connectivity index (χ1v) is 5.12. The Morgan fingerprint density at radius 3 is 2.77 bits per heavy atom. The van der Waals surface area contributed by atoms with Crippen molar-refractivity contribution in [3.05, 3.63) is 0 Å². The van der Waals surface area contributed by atoms with Crippen LogP contribution in [0.1, 0.15) is 33.1 Å². The van der Waals surface area contributed by atoms with E-state index in [4.69, 9.17) is 14.6 Å². The van der Waals surface area contributed by atoms with E-state index in [1.54, 1.807) is 0 Å². The fraction of sp³-hybridized carbons (Fsp3) is 1.00. The van der Waals surface area contributed by atoms with Gasteiger partial charge >= 0.3 is 0 Å². The Labute approximate surface area is 80.0 Å². The molecule has 1 saturated heterocycles. The van der Waals surface area contributed by atoms with Crippen LogP contribution in [0.25, 0.3) is 0 Å². The van der Waals surface area contributed by atoms with Gasteiger partial charge in [0.25, 0.3) is 0 Å². The Hall–Kier alpha value is -0.120. The largest absolute Gasteiger partial charge is 0.396 e. The molecule has 3 atom stereocenters. The van der Waals surface area contributed by atoms with Gasteiger partial charge in [-0.25, -0.2) is 0 Å². The van der Waals surface area contributed by atoms with Crippen LogP contribution in [-0.2, 0) is 9.47 Å². The van der Waals surface area contributed by atoms with E-state index in [2.05, 4.69) is 0 Å². The number of hydrogen-bond acceptors (Lipinski definition) is 3. The Morgan fingerprint density at radius 2 is 2.23 bits per heavy atom. The SMILES string of the molecule is CC(CO)C(C)OC1CCCCO1. The minimum absolute atomic E-state index is 0.0438. The number of rotatable bonds is 4. The lowest BCUT2D eigenvalue weighted by Crippen LogP contribution is -2.30. The van der Waals surface area contributed by atoms with Crippen LogP contribution in [0.2, 0.25) is 0 Å². The normalized spacial score (nSPS) is 28.4. The molecule has 0 aromatic carbocycles. The third-order valence-electron chi connectivity index (χ3n) is 2.59. The summed E-state index contributed by atoms with van der Waals surface area (Å²) in [5, 5.41) is 8.91. The minimum Gasteiger partial charge on any atom is -0.396 e. The average molecular weight is 188 g/mol. The molecule has 0 aromatic rings. The molecule has 0 aromatic heterocycles. The number of hydrogen-bond donors (Lipinski definition) is 1. The maximum absolute atomic E-state index is 8.91. The molecule has 1 aliphatic heterocycles. The minimum atomic E-state index is -0.0438. The summed E-state index contributed by atoms with van der Waals surface area (Å²) >= 11 is 0. The van der Waals surface area contributed by atoms with Crippen molar-refractivity contribution in [1.29, 1.82) is 0 Å². The summed E-state index contributed by atoms with van der Waals surface area (Å²) in [5.74, 6) is 0.186. The zero-order valence-corrected chi connectivity index (χ0v) is 8.53. The van der Waals surface area contributed by atoms with Gasteiger partial charge in [-0.2, -0.15) is 0 Å². The van der Waals surface area contributed by atoms with Gasteiger partial charge in [-0.3, -0.25) is 0 Å². The molecule has 1 fully saturated rings. The molecular formula is C10H20O3. The predicted octanol–water partition coefficient (Wildman–Crippen LogP) is 1.55. The quantitative estimate of drug-likeness (QED) is 0.727. The smallest absolute Gasteiger partial charge is 0.157 e. The zero-order valence-electron chi connectivity index (χ0n) is 8.53. The molecule has 0 radical (unpaired) electrons. The molecule has 1 aliphatic rings. The number of ether oxygens (including phenoxy) is 2. The molecule has 0 bridgehead atoms. The fourth-order valence-corrected chi connectivity index (χ4v) is 1.34. The van der Waals surface area contributed by atoms with Crippen LogP contribution < -0.4 is 0 Å². The average Bonchev–Trinajstić information content (AvgIpc) is 2.18. The molecule has 3 heteroatoms. The van der Waals surface area contributed by atoms with E-state index < -0.39 is 0 Å². The highest BCUT2D eigenvalue weighted by Crippen LogP contribution is 2.17. The maximum Gasteiger partial charge on any atom is 0.157 e. The van der Waals surface area contributed by atoms with Crippen molar-refractivity contribution in [1.82, 2.24) is 0 Å². The summed E-state index contributed by atoms with van der Waals surface area (Å²) in [6.45, 7) is 4.95. The second kappa shape index (κ2) is 5.58. The van der Waals surface area contributed by atoms with Crippen LogP contribution in [0.4, 0.5) is 0 Å². The Morgan fingerprint density at radius 1 is 1.46 bits per heavy atom. The van der Waals surface area contributed by atoms with Gasteiger partial charge in [0.1, 0.15) is 0 Å². The van der Waals surface area contributed by atoms with E-state index in [-0.39, 0.29) is 24.9 Å². The van der Waals surface area contributed by atoms with Gasteiger partial charge in [0, 0.05) is 19.1 Å². The molecule has 1 rings (SSSR count). The second-order valence-electron chi connectivity index (χ2n) is 3.80. The van der Waals surface area contributed by atoms with Gasteiger partial charge in [0.15, 0.2) is 6.29 Å². The molecule has 3 unspecified atom stereocenters. The topological polar surface area (TPSA) is 38.7 Å². The third kappa shape index (κ3) is 3.63. The lowest BCUT2D eigenvalue weighted by atomic mass is 10.1. The summed E-state index contributed by atoms with van der Waals surface area (Å²) in [5.41, 5.74) is 0.